The average molecular weight is 238 g/mol. The molecule has 0 bridgehead atoms. The lowest BCUT2D eigenvalue weighted by molar-refractivity contribution is 0.497. The molecule has 0 aliphatic rings. The number of aromatic nitrogens is 2. The van der Waals surface area contributed by atoms with Crippen molar-refractivity contribution in [1.82, 2.24) is 9.78 Å². The van der Waals surface area contributed by atoms with E-state index in [2.05, 4.69) is 5.10 Å². The maximum atomic E-state index is 13.1. The summed E-state index contributed by atoms with van der Waals surface area (Å²) in [6.45, 7) is 3.50. The summed E-state index contributed by atoms with van der Waals surface area (Å²) in [7, 11) is 0. The largest absolute Gasteiger partial charge is 0.299 e. The van der Waals surface area contributed by atoms with Crippen molar-refractivity contribution in [2.75, 3.05) is 0 Å². The number of rotatable bonds is 2. The monoisotopic (exact) mass is 238 g/mol. The Morgan fingerprint density at radius 3 is 2.47 bits per heavy atom. The van der Waals surface area contributed by atoms with Crippen molar-refractivity contribution in [1.29, 1.82) is 0 Å². The fourth-order valence-corrected chi connectivity index (χ4v) is 1.74. The molecular formula is C12H12F2N2O. The van der Waals surface area contributed by atoms with E-state index < -0.39 is 11.6 Å². The lowest BCUT2D eigenvalue weighted by Gasteiger charge is -2.13. The van der Waals surface area contributed by atoms with Crippen molar-refractivity contribution >= 4 is 0 Å². The summed E-state index contributed by atoms with van der Waals surface area (Å²) in [6.07, 6.45) is 0. The van der Waals surface area contributed by atoms with Gasteiger partial charge in [-0.3, -0.25) is 9.89 Å². The highest BCUT2D eigenvalue weighted by Gasteiger charge is 2.13. The number of benzene rings is 1. The van der Waals surface area contributed by atoms with E-state index in [0.717, 1.165) is 17.8 Å². The van der Waals surface area contributed by atoms with Gasteiger partial charge in [0.2, 0.25) is 0 Å². The van der Waals surface area contributed by atoms with Crippen LogP contribution in [0.15, 0.2) is 29.1 Å². The lowest BCUT2D eigenvalue weighted by atomic mass is 10.1. The van der Waals surface area contributed by atoms with Crippen molar-refractivity contribution in [3.63, 3.8) is 0 Å². The SMILES string of the molecule is Cc1cc(=O)n(C(C)c2ccc(F)c(F)c2)[nH]1. The van der Waals surface area contributed by atoms with Crippen LogP contribution in [0.25, 0.3) is 0 Å². The standard InChI is InChI=1S/C12H12F2N2O/c1-7-5-12(17)16(15-7)8(2)9-3-4-10(13)11(14)6-9/h3-6,8,15H,1-2H3. The number of H-pyrrole nitrogens is 1. The molecule has 0 saturated carbocycles. The van der Waals surface area contributed by atoms with Gasteiger partial charge in [-0.05, 0) is 31.5 Å². The van der Waals surface area contributed by atoms with Gasteiger partial charge in [0.25, 0.3) is 5.56 Å². The number of nitrogens with one attached hydrogen (secondary N) is 1. The Bertz CT molecular complexity index is 601. The fraction of sp³-hybridized carbons (Fsp3) is 0.250. The van der Waals surface area contributed by atoms with E-state index in [0.29, 0.717) is 5.56 Å². The number of halogens is 2. The van der Waals surface area contributed by atoms with Gasteiger partial charge in [-0.2, -0.15) is 0 Å². The van der Waals surface area contributed by atoms with Crippen LogP contribution in [0.2, 0.25) is 0 Å². The molecule has 0 fully saturated rings. The summed E-state index contributed by atoms with van der Waals surface area (Å²) in [6, 6.07) is 4.71. The van der Waals surface area contributed by atoms with Crippen LogP contribution < -0.4 is 5.56 Å². The highest BCUT2D eigenvalue weighted by molar-refractivity contribution is 5.21. The van der Waals surface area contributed by atoms with Crippen LogP contribution in [0.3, 0.4) is 0 Å². The molecule has 1 aromatic heterocycles. The third-order valence-corrected chi connectivity index (χ3v) is 2.69. The van der Waals surface area contributed by atoms with Gasteiger partial charge in [-0.1, -0.05) is 6.07 Å². The minimum Gasteiger partial charge on any atom is -0.299 e. The molecule has 2 rings (SSSR count). The van der Waals surface area contributed by atoms with Gasteiger partial charge in [0, 0.05) is 11.8 Å². The van der Waals surface area contributed by atoms with Gasteiger partial charge >= 0.3 is 0 Å². The molecular weight excluding hydrogens is 226 g/mol. The van der Waals surface area contributed by atoms with Gasteiger partial charge in [-0.15, -0.1) is 0 Å². The van der Waals surface area contributed by atoms with Crippen LogP contribution in [0.1, 0.15) is 24.2 Å². The second kappa shape index (κ2) is 4.16. The predicted molar refractivity (Wildman–Crippen MR) is 60.0 cm³/mol. The maximum Gasteiger partial charge on any atom is 0.267 e. The highest BCUT2D eigenvalue weighted by atomic mass is 19.2. The van der Waals surface area contributed by atoms with E-state index in [1.54, 1.807) is 13.8 Å². The summed E-state index contributed by atoms with van der Waals surface area (Å²) in [4.78, 5) is 11.6. The molecule has 1 unspecified atom stereocenters. The van der Waals surface area contributed by atoms with Gasteiger partial charge in [0.15, 0.2) is 11.6 Å². The minimum absolute atomic E-state index is 0.195. The first-order chi connectivity index (χ1) is 7.99. The molecule has 2 aromatic rings. The molecule has 5 heteroatoms. The summed E-state index contributed by atoms with van der Waals surface area (Å²) in [5, 5.41) is 2.86. The summed E-state index contributed by atoms with van der Waals surface area (Å²) >= 11 is 0. The molecule has 0 radical (unpaired) electrons. The number of nitrogens with zero attached hydrogens (tertiary/aromatic N) is 1. The Hall–Kier alpha value is -1.91. The molecule has 0 aliphatic heterocycles. The minimum atomic E-state index is -0.911. The molecule has 0 amide bonds. The highest BCUT2D eigenvalue weighted by Crippen LogP contribution is 2.18. The first kappa shape index (κ1) is 11.6. The Balaban J connectivity index is 2.43. The van der Waals surface area contributed by atoms with Crippen LogP contribution in [-0.2, 0) is 0 Å². The molecule has 0 aliphatic carbocycles. The second-order valence-corrected chi connectivity index (χ2v) is 4.00. The molecule has 1 atom stereocenters. The number of aromatic amines is 1. The number of aryl methyl sites for hydroxylation is 1. The lowest BCUT2D eigenvalue weighted by Crippen LogP contribution is -2.21. The Kier molecular flexibility index (Phi) is 2.83. The van der Waals surface area contributed by atoms with E-state index in [1.165, 1.54) is 16.8 Å². The van der Waals surface area contributed by atoms with Gasteiger partial charge in [-0.25, -0.2) is 13.5 Å². The first-order valence-electron chi connectivity index (χ1n) is 5.22. The van der Waals surface area contributed by atoms with E-state index in [1.807, 2.05) is 0 Å². The molecule has 0 spiro atoms. The zero-order chi connectivity index (χ0) is 12.6. The van der Waals surface area contributed by atoms with Crippen LogP contribution >= 0.6 is 0 Å². The van der Waals surface area contributed by atoms with Gasteiger partial charge in [0.05, 0.1) is 6.04 Å². The van der Waals surface area contributed by atoms with Gasteiger partial charge in [0.1, 0.15) is 0 Å². The molecule has 17 heavy (non-hydrogen) atoms. The summed E-state index contributed by atoms with van der Waals surface area (Å²) in [5.74, 6) is -1.80. The number of hydrogen-bond donors (Lipinski definition) is 1. The Labute approximate surface area is 96.7 Å². The summed E-state index contributed by atoms with van der Waals surface area (Å²) in [5.41, 5.74) is 1.07. The maximum absolute atomic E-state index is 13.1. The molecule has 1 heterocycles. The molecule has 3 nitrogen and oxygen atoms in total. The summed E-state index contributed by atoms with van der Waals surface area (Å²) < 4.78 is 27.3. The van der Waals surface area contributed by atoms with Crippen LogP contribution in [0, 0.1) is 18.6 Å². The zero-order valence-electron chi connectivity index (χ0n) is 9.50. The van der Waals surface area contributed by atoms with Crippen LogP contribution in [-0.4, -0.2) is 9.78 Å². The van der Waals surface area contributed by atoms with Crippen molar-refractivity contribution in [3.8, 4) is 0 Å². The van der Waals surface area contributed by atoms with Crippen molar-refractivity contribution in [2.24, 2.45) is 0 Å². The van der Waals surface area contributed by atoms with Crippen molar-refractivity contribution in [3.05, 3.63) is 57.5 Å². The Morgan fingerprint density at radius 1 is 1.24 bits per heavy atom. The van der Waals surface area contributed by atoms with E-state index in [-0.39, 0.29) is 11.6 Å². The van der Waals surface area contributed by atoms with Crippen molar-refractivity contribution < 1.29 is 8.78 Å². The van der Waals surface area contributed by atoms with Gasteiger partial charge < -0.3 is 0 Å². The fourth-order valence-electron chi connectivity index (χ4n) is 1.74. The smallest absolute Gasteiger partial charge is 0.267 e. The van der Waals surface area contributed by atoms with Crippen LogP contribution in [0.4, 0.5) is 8.78 Å². The zero-order valence-corrected chi connectivity index (χ0v) is 9.50. The van der Waals surface area contributed by atoms with E-state index in [9.17, 15) is 13.6 Å². The quantitative estimate of drug-likeness (QED) is 0.857. The molecule has 1 N–H and O–H groups in total. The Morgan fingerprint density at radius 2 is 1.94 bits per heavy atom. The average Bonchev–Trinajstić information content (AvgIpc) is 2.61. The molecule has 0 saturated heterocycles. The molecule has 1 aromatic carbocycles. The number of hydrogen-bond acceptors (Lipinski definition) is 1. The second-order valence-electron chi connectivity index (χ2n) is 4.00. The third kappa shape index (κ3) is 2.13. The normalized spacial score (nSPS) is 12.7. The predicted octanol–water partition coefficient (Wildman–Crippen LogP) is 2.37. The first-order valence-corrected chi connectivity index (χ1v) is 5.22. The van der Waals surface area contributed by atoms with E-state index in [4.69, 9.17) is 0 Å². The van der Waals surface area contributed by atoms with Crippen molar-refractivity contribution in [2.45, 2.75) is 19.9 Å². The van der Waals surface area contributed by atoms with Crippen LogP contribution in [0.5, 0.6) is 0 Å². The van der Waals surface area contributed by atoms with E-state index >= 15 is 0 Å². The third-order valence-electron chi connectivity index (χ3n) is 2.69. The topological polar surface area (TPSA) is 37.8 Å². The molecule has 90 valence electrons.